The van der Waals surface area contributed by atoms with Gasteiger partial charge in [-0.2, -0.15) is 5.10 Å². The third kappa shape index (κ3) is 2.86. The Labute approximate surface area is 146 Å². The second kappa shape index (κ2) is 5.80. The minimum Gasteiger partial charge on any atom is -0.349 e. The lowest BCUT2D eigenvalue weighted by molar-refractivity contribution is 0.602. The van der Waals surface area contributed by atoms with Gasteiger partial charge in [-0.15, -0.1) is 0 Å². The van der Waals surface area contributed by atoms with Gasteiger partial charge in [-0.1, -0.05) is 0 Å². The average Bonchev–Trinajstić information content (AvgIpc) is 3.21. The molecule has 1 aliphatic rings. The number of aryl methyl sites for hydroxylation is 1. The van der Waals surface area contributed by atoms with Crippen molar-refractivity contribution in [1.82, 2.24) is 19.7 Å². The minimum atomic E-state index is -3.28. The Morgan fingerprint density at radius 3 is 2.80 bits per heavy atom. The van der Waals surface area contributed by atoms with E-state index in [2.05, 4.69) is 20.0 Å². The maximum Gasteiger partial charge on any atom is 0.175 e. The lowest BCUT2D eigenvalue weighted by Crippen LogP contribution is -2.23. The summed E-state index contributed by atoms with van der Waals surface area (Å²) in [5.74, 6) is 0.779. The van der Waals surface area contributed by atoms with Crippen molar-refractivity contribution < 1.29 is 8.42 Å². The summed E-state index contributed by atoms with van der Waals surface area (Å²) in [6.07, 6.45) is 8.73. The molecule has 1 aromatic carbocycles. The third-order valence-corrected chi connectivity index (χ3v) is 5.76. The van der Waals surface area contributed by atoms with Crippen molar-refractivity contribution in [3.05, 3.63) is 42.5 Å². The number of hydrogen-bond donors (Lipinski definition) is 0. The second-order valence-corrected chi connectivity index (χ2v) is 8.46. The van der Waals surface area contributed by atoms with E-state index in [9.17, 15) is 8.42 Å². The van der Waals surface area contributed by atoms with Crippen LogP contribution in [0.4, 0.5) is 5.82 Å². The van der Waals surface area contributed by atoms with Crippen molar-refractivity contribution in [2.75, 3.05) is 17.7 Å². The number of nitrogens with zero attached hydrogens (tertiary/aromatic N) is 5. The molecule has 1 aliphatic heterocycles. The van der Waals surface area contributed by atoms with Crippen LogP contribution in [-0.4, -0.2) is 41.0 Å². The zero-order valence-electron chi connectivity index (χ0n) is 14.1. The number of aromatic nitrogens is 4. The van der Waals surface area contributed by atoms with Crippen LogP contribution in [0.15, 0.2) is 41.8 Å². The van der Waals surface area contributed by atoms with Gasteiger partial charge < -0.3 is 4.90 Å². The first-order valence-corrected chi connectivity index (χ1v) is 10.0. The molecule has 0 bridgehead atoms. The standard InChI is InChI=1S/C17H19N5O2S/c1-21-10-12(9-20-21)16-4-3-7-22(16)17-14-8-13(25(2,23)24)5-6-15(14)18-11-19-17/h5-6,8-11,16H,3-4,7H2,1-2H3. The molecule has 1 saturated heterocycles. The summed E-state index contributed by atoms with van der Waals surface area (Å²) >= 11 is 0. The summed E-state index contributed by atoms with van der Waals surface area (Å²) in [7, 11) is -1.38. The smallest absolute Gasteiger partial charge is 0.175 e. The van der Waals surface area contributed by atoms with Gasteiger partial charge in [0.25, 0.3) is 0 Å². The van der Waals surface area contributed by atoms with Crippen molar-refractivity contribution >= 4 is 26.6 Å². The van der Waals surface area contributed by atoms with Crippen LogP contribution in [0.1, 0.15) is 24.4 Å². The summed E-state index contributed by atoms with van der Waals surface area (Å²) in [6.45, 7) is 0.870. The zero-order chi connectivity index (χ0) is 17.6. The van der Waals surface area contributed by atoms with E-state index < -0.39 is 9.84 Å². The average molecular weight is 357 g/mol. The van der Waals surface area contributed by atoms with E-state index in [0.29, 0.717) is 0 Å². The fourth-order valence-electron chi connectivity index (χ4n) is 3.46. The van der Waals surface area contributed by atoms with Crippen LogP contribution in [0.2, 0.25) is 0 Å². The predicted molar refractivity (Wildman–Crippen MR) is 95.2 cm³/mol. The van der Waals surface area contributed by atoms with Crippen LogP contribution in [0.5, 0.6) is 0 Å². The van der Waals surface area contributed by atoms with E-state index in [4.69, 9.17) is 0 Å². The zero-order valence-corrected chi connectivity index (χ0v) is 14.9. The van der Waals surface area contributed by atoms with Crippen molar-refractivity contribution in [3.63, 3.8) is 0 Å². The monoisotopic (exact) mass is 357 g/mol. The van der Waals surface area contributed by atoms with Gasteiger partial charge in [-0.3, -0.25) is 4.68 Å². The predicted octanol–water partition coefficient (Wildman–Crippen LogP) is 2.11. The van der Waals surface area contributed by atoms with E-state index in [-0.39, 0.29) is 10.9 Å². The molecule has 0 aliphatic carbocycles. The maximum absolute atomic E-state index is 11.9. The normalized spacial score (nSPS) is 18.2. The number of hydrogen-bond acceptors (Lipinski definition) is 6. The number of fused-ring (bicyclic) bond motifs is 1. The molecule has 25 heavy (non-hydrogen) atoms. The molecule has 1 unspecified atom stereocenters. The van der Waals surface area contributed by atoms with Gasteiger partial charge in [-0.25, -0.2) is 18.4 Å². The Morgan fingerprint density at radius 2 is 2.08 bits per heavy atom. The van der Waals surface area contributed by atoms with Crippen molar-refractivity contribution in [2.45, 2.75) is 23.8 Å². The highest BCUT2D eigenvalue weighted by Crippen LogP contribution is 2.38. The molecule has 2 aromatic heterocycles. The molecule has 7 nitrogen and oxygen atoms in total. The van der Waals surface area contributed by atoms with Gasteiger partial charge in [-0.05, 0) is 31.0 Å². The van der Waals surface area contributed by atoms with Crippen molar-refractivity contribution in [3.8, 4) is 0 Å². The van der Waals surface area contributed by atoms with Crippen molar-refractivity contribution in [2.24, 2.45) is 7.05 Å². The Morgan fingerprint density at radius 1 is 1.24 bits per heavy atom. The molecule has 0 radical (unpaired) electrons. The number of sulfone groups is 1. The topological polar surface area (TPSA) is 81.0 Å². The molecule has 3 aromatic rings. The first kappa shape index (κ1) is 16.0. The minimum absolute atomic E-state index is 0.189. The van der Waals surface area contributed by atoms with Crippen LogP contribution in [0.3, 0.4) is 0 Å². The fourth-order valence-corrected chi connectivity index (χ4v) is 4.11. The fraction of sp³-hybridized carbons (Fsp3) is 0.353. The van der Waals surface area contributed by atoms with E-state index in [1.807, 2.05) is 19.4 Å². The Balaban J connectivity index is 1.85. The molecule has 1 atom stereocenters. The van der Waals surface area contributed by atoms with E-state index in [1.54, 1.807) is 22.9 Å². The summed E-state index contributed by atoms with van der Waals surface area (Å²) in [6, 6.07) is 5.20. The molecule has 3 heterocycles. The van der Waals surface area contributed by atoms with Crippen LogP contribution in [-0.2, 0) is 16.9 Å². The number of anilines is 1. The quantitative estimate of drug-likeness (QED) is 0.714. The first-order valence-electron chi connectivity index (χ1n) is 8.13. The molecule has 130 valence electrons. The highest BCUT2D eigenvalue weighted by molar-refractivity contribution is 7.90. The summed E-state index contributed by atoms with van der Waals surface area (Å²) in [5, 5.41) is 5.04. The van der Waals surface area contributed by atoms with Crippen LogP contribution >= 0.6 is 0 Å². The van der Waals surface area contributed by atoms with Gasteiger partial charge >= 0.3 is 0 Å². The molecule has 0 saturated carbocycles. The lowest BCUT2D eigenvalue weighted by atomic mass is 10.1. The molecule has 0 amide bonds. The summed E-state index contributed by atoms with van der Waals surface area (Å²) in [5.41, 5.74) is 1.89. The number of rotatable bonds is 3. The maximum atomic E-state index is 11.9. The number of benzene rings is 1. The van der Waals surface area contributed by atoms with E-state index in [0.717, 1.165) is 41.7 Å². The molecule has 8 heteroatoms. The van der Waals surface area contributed by atoms with Gasteiger partial charge in [0, 0.05) is 37.0 Å². The van der Waals surface area contributed by atoms with Gasteiger partial charge in [0.15, 0.2) is 9.84 Å². The Hall–Kier alpha value is -2.48. The molecule has 0 spiro atoms. The van der Waals surface area contributed by atoms with E-state index >= 15 is 0 Å². The largest absolute Gasteiger partial charge is 0.349 e. The summed E-state index contributed by atoms with van der Waals surface area (Å²) in [4.78, 5) is 11.3. The summed E-state index contributed by atoms with van der Waals surface area (Å²) < 4.78 is 25.7. The van der Waals surface area contributed by atoms with Gasteiger partial charge in [0.2, 0.25) is 0 Å². The molecule has 4 rings (SSSR count). The van der Waals surface area contributed by atoms with Crippen LogP contribution < -0.4 is 4.90 Å². The highest BCUT2D eigenvalue weighted by atomic mass is 32.2. The molecule has 1 fully saturated rings. The second-order valence-electron chi connectivity index (χ2n) is 6.45. The van der Waals surface area contributed by atoms with Gasteiger partial charge in [0.05, 0.1) is 22.7 Å². The van der Waals surface area contributed by atoms with Crippen LogP contribution in [0, 0.1) is 0 Å². The lowest BCUT2D eigenvalue weighted by Gasteiger charge is -2.26. The van der Waals surface area contributed by atoms with Gasteiger partial charge in [0.1, 0.15) is 12.1 Å². The Bertz CT molecular complexity index is 1040. The van der Waals surface area contributed by atoms with E-state index in [1.165, 1.54) is 12.6 Å². The molecule has 0 N–H and O–H groups in total. The van der Waals surface area contributed by atoms with Crippen LogP contribution in [0.25, 0.3) is 10.9 Å². The molecular formula is C17H19N5O2S. The SMILES string of the molecule is Cn1cc(C2CCCN2c2ncnc3ccc(S(C)(=O)=O)cc23)cn1. The first-order chi connectivity index (χ1) is 11.9. The molecular weight excluding hydrogens is 338 g/mol. The third-order valence-electron chi connectivity index (χ3n) is 4.65. The highest BCUT2D eigenvalue weighted by Gasteiger charge is 2.29. The van der Waals surface area contributed by atoms with Crippen molar-refractivity contribution in [1.29, 1.82) is 0 Å². The Kier molecular flexibility index (Phi) is 3.72.